The molecule has 1 atom stereocenters. The molecule has 1 aromatic heterocycles. The molecule has 0 spiro atoms. The van der Waals surface area contributed by atoms with Gasteiger partial charge in [0.1, 0.15) is 17.1 Å². The summed E-state index contributed by atoms with van der Waals surface area (Å²) < 4.78 is 5.85. The van der Waals surface area contributed by atoms with Crippen LogP contribution in [-0.4, -0.2) is 28.4 Å². The van der Waals surface area contributed by atoms with Crippen molar-refractivity contribution in [1.29, 1.82) is 0 Å². The van der Waals surface area contributed by atoms with Gasteiger partial charge in [0.25, 0.3) is 5.91 Å². The van der Waals surface area contributed by atoms with Crippen molar-refractivity contribution in [3.8, 4) is 0 Å². The molecule has 0 radical (unpaired) electrons. The van der Waals surface area contributed by atoms with Crippen molar-refractivity contribution in [3.05, 3.63) is 65.4 Å². The number of rotatable bonds is 4. The van der Waals surface area contributed by atoms with Gasteiger partial charge >= 0.3 is 0 Å². The van der Waals surface area contributed by atoms with Crippen molar-refractivity contribution in [1.82, 2.24) is 4.90 Å². The summed E-state index contributed by atoms with van der Waals surface area (Å²) in [5.74, 6) is 0.480. The molecule has 6 nitrogen and oxygen atoms in total. The number of nitrogens with zero attached hydrogens (tertiary/aromatic N) is 1. The van der Waals surface area contributed by atoms with Crippen molar-refractivity contribution in [3.63, 3.8) is 0 Å². The highest BCUT2D eigenvalue weighted by atomic mass is 16.3. The largest absolute Gasteiger partial charge is 0.459 e. The molecule has 6 heteroatoms. The molecule has 1 saturated carbocycles. The molecule has 3 aromatic rings. The normalized spacial score (nSPS) is 19.1. The number of Topliss-reactive ketones (excluding diaryl/α,β-unsaturated/α-hetero) is 2. The summed E-state index contributed by atoms with van der Waals surface area (Å²) >= 11 is 0. The summed E-state index contributed by atoms with van der Waals surface area (Å²) in [6, 6.07) is 14.9. The molecule has 2 aliphatic rings. The van der Waals surface area contributed by atoms with Gasteiger partial charge in [0.15, 0.2) is 5.78 Å². The fraction of sp³-hybridized carbons (Fsp3) is 0.261. The van der Waals surface area contributed by atoms with Crippen LogP contribution < -0.4 is 5.32 Å². The molecule has 2 heterocycles. The molecule has 1 aliphatic carbocycles. The highest BCUT2D eigenvalue weighted by Gasteiger charge is 2.39. The van der Waals surface area contributed by atoms with E-state index in [-0.39, 0.29) is 23.9 Å². The topological polar surface area (TPSA) is 79.6 Å². The summed E-state index contributed by atoms with van der Waals surface area (Å²) in [5, 5.41) is 4.42. The van der Waals surface area contributed by atoms with Crippen LogP contribution in [0.4, 0.5) is 5.69 Å². The lowest BCUT2D eigenvalue weighted by molar-refractivity contribution is -0.133. The van der Waals surface area contributed by atoms with E-state index in [9.17, 15) is 14.4 Å². The summed E-state index contributed by atoms with van der Waals surface area (Å²) in [6.45, 7) is 0.873. The maximum absolute atomic E-state index is 12.9. The zero-order valence-corrected chi connectivity index (χ0v) is 15.8. The lowest BCUT2D eigenvalue weighted by Crippen LogP contribution is -2.44. The Hall–Kier alpha value is -3.41. The van der Waals surface area contributed by atoms with Crippen LogP contribution in [0.5, 0.6) is 0 Å². The minimum absolute atomic E-state index is 0.0383. The highest BCUT2D eigenvalue weighted by molar-refractivity contribution is 6.08. The Bertz CT molecular complexity index is 1110. The van der Waals surface area contributed by atoms with E-state index >= 15 is 0 Å². The Kier molecular flexibility index (Phi) is 4.19. The number of furan rings is 1. The van der Waals surface area contributed by atoms with Crippen molar-refractivity contribution >= 4 is 34.1 Å². The van der Waals surface area contributed by atoms with Crippen LogP contribution in [0.2, 0.25) is 0 Å². The Morgan fingerprint density at radius 2 is 1.93 bits per heavy atom. The van der Waals surface area contributed by atoms with E-state index in [2.05, 4.69) is 5.32 Å². The highest BCUT2D eigenvalue weighted by Crippen LogP contribution is 2.33. The Morgan fingerprint density at radius 1 is 1.07 bits per heavy atom. The van der Waals surface area contributed by atoms with Crippen LogP contribution in [0, 0.1) is 0 Å². The first kappa shape index (κ1) is 17.7. The van der Waals surface area contributed by atoms with Gasteiger partial charge in [-0.1, -0.05) is 24.3 Å². The van der Waals surface area contributed by atoms with Crippen LogP contribution in [-0.2, 0) is 22.7 Å². The first-order valence-electron chi connectivity index (χ1n) is 9.79. The van der Waals surface area contributed by atoms with Crippen molar-refractivity contribution in [2.75, 3.05) is 5.32 Å². The van der Waals surface area contributed by atoms with Gasteiger partial charge < -0.3 is 14.6 Å². The number of hydrogen-bond donors (Lipinski definition) is 1. The summed E-state index contributed by atoms with van der Waals surface area (Å²) in [7, 11) is 0. The summed E-state index contributed by atoms with van der Waals surface area (Å²) in [6.07, 6.45) is 0.703. The zero-order chi connectivity index (χ0) is 20.0. The molecule has 146 valence electrons. The van der Waals surface area contributed by atoms with Crippen molar-refractivity contribution < 1.29 is 18.8 Å². The molecule has 1 fully saturated rings. The van der Waals surface area contributed by atoms with Gasteiger partial charge in [-0.3, -0.25) is 14.4 Å². The molecular weight excluding hydrogens is 368 g/mol. The minimum atomic E-state index is -0.504. The Labute approximate surface area is 167 Å². The Balaban J connectivity index is 1.36. The van der Waals surface area contributed by atoms with E-state index in [1.54, 1.807) is 11.0 Å². The second-order valence-corrected chi connectivity index (χ2v) is 7.61. The standard InChI is InChI=1S/C23H20N2O4/c26-15-8-9-20(21(27)11-15)25-13-18-17(23(25)28)5-3-6-19(18)24-12-16-10-14-4-1-2-7-22(14)29-16/h1-7,10,20,24H,8-9,11-13H2. The monoisotopic (exact) mass is 388 g/mol. The van der Waals surface area contributed by atoms with Gasteiger partial charge in [-0.15, -0.1) is 0 Å². The third-order valence-corrected chi connectivity index (χ3v) is 5.74. The predicted molar refractivity (Wildman–Crippen MR) is 108 cm³/mol. The molecule has 1 amide bonds. The van der Waals surface area contributed by atoms with Crippen LogP contribution in [0.3, 0.4) is 0 Å². The summed E-state index contributed by atoms with van der Waals surface area (Å²) in [5.41, 5.74) is 3.20. The van der Waals surface area contributed by atoms with Crippen molar-refractivity contribution in [2.24, 2.45) is 0 Å². The summed E-state index contributed by atoms with van der Waals surface area (Å²) in [4.78, 5) is 38.4. The van der Waals surface area contributed by atoms with Gasteiger partial charge in [0.2, 0.25) is 0 Å². The lowest BCUT2D eigenvalue weighted by atomic mass is 9.92. The number of hydrogen-bond acceptors (Lipinski definition) is 5. The van der Waals surface area contributed by atoms with E-state index in [1.165, 1.54) is 0 Å². The molecule has 0 saturated heterocycles. The third kappa shape index (κ3) is 3.10. The Morgan fingerprint density at radius 3 is 2.76 bits per heavy atom. The number of amides is 1. The molecule has 0 bridgehead atoms. The van der Waals surface area contributed by atoms with Crippen LogP contribution in [0.15, 0.2) is 52.9 Å². The molecule has 1 unspecified atom stereocenters. The van der Waals surface area contributed by atoms with Gasteiger partial charge in [-0.2, -0.15) is 0 Å². The average molecular weight is 388 g/mol. The fourth-order valence-corrected chi connectivity index (χ4v) is 4.27. The molecular formula is C23H20N2O4. The van der Waals surface area contributed by atoms with Crippen LogP contribution >= 0.6 is 0 Å². The van der Waals surface area contributed by atoms with E-state index in [0.29, 0.717) is 31.5 Å². The number of nitrogens with one attached hydrogen (secondary N) is 1. The first-order chi connectivity index (χ1) is 14.1. The average Bonchev–Trinajstić information content (AvgIpc) is 3.28. The van der Waals surface area contributed by atoms with Crippen molar-refractivity contribution in [2.45, 2.75) is 38.4 Å². The van der Waals surface area contributed by atoms with Crippen LogP contribution in [0.25, 0.3) is 11.0 Å². The quantitative estimate of drug-likeness (QED) is 0.690. The fourth-order valence-electron chi connectivity index (χ4n) is 4.27. The number of anilines is 1. The number of para-hydroxylation sites is 1. The number of fused-ring (bicyclic) bond motifs is 2. The molecule has 5 rings (SSSR count). The smallest absolute Gasteiger partial charge is 0.255 e. The maximum Gasteiger partial charge on any atom is 0.255 e. The second kappa shape index (κ2) is 6.88. The number of carbonyl (C=O) groups is 3. The van der Waals surface area contributed by atoms with E-state index in [1.807, 2.05) is 42.5 Å². The van der Waals surface area contributed by atoms with E-state index < -0.39 is 6.04 Å². The van der Waals surface area contributed by atoms with E-state index in [0.717, 1.165) is 28.0 Å². The van der Waals surface area contributed by atoms with Gasteiger partial charge in [-0.25, -0.2) is 0 Å². The van der Waals surface area contributed by atoms with Crippen LogP contribution in [0.1, 0.15) is 40.9 Å². The van der Waals surface area contributed by atoms with E-state index in [4.69, 9.17) is 4.42 Å². The third-order valence-electron chi connectivity index (χ3n) is 5.74. The van der Waals surface area contributed by atoms with Gasteiger partial charge in [0.05, 0.1) is 19.0 Å². The molecule has 1 aliphatic heterocycles. The number of carbonyl (C=O) groups excluding carboxylic acids is 3. The van der Waals surface area contributed by atoms with Gasteiger partial charge in [-0.05, 0) is 30.7 Å². The molecule has 1 N–H and O–H groups in total. The minimum Gasteiger partial charge on any atom is -0.459 e. The zero-order valence-electron chi connectivity index (χ0n) is 15.8. The first-order valence-corrected chi connectivity index (χ1v) is 9.79. The lowest BCUT2D eigenvalue weighted by Gasteiger charge is -2.29. The predicted octanol–water partition coefficient (Wildman–Crippen LogP) is 3.69. The number of ketones is 2. The SMILES string of the molecule is O=C1CCC(N2Cc3c(NCc4cc5ccccc5o4)cccc3C2=O)C(=O)C1. The van der Waals surface area contributed by atoms with Gasteiger partial charge in [0, 0.05) is 35.2 Å². The second-order valence-electron chi connectivity index (χ2n) is 7.61. The maximum atomic E-state index is 12.9. The molecule has 2 aromatic carbocycles. The number of benzene rings is 2. The molecule has 29 heavy (non-hydrogen) atoms.